The molecule has 0 radical (unpaired) electrons. The summed E-state index contributed by atoms with van der Waals surface area (Å²) in [6.45, 7) is -1.62. The molecule has 1 heterocycles. The fraction of sp³-hybridized carbons (Fsp3) is 0.462. The maximum atomic E-state index is 13.0. The highest BCUT2D eigenvalue weighted by Crippen LogP contribution is 2.56. The minimum atomic E-state index is -5.39. The summed E-state index contributed by atoms with van der Waals surface area (Å²) in [5, 5.41) is 8.71. The van der Waals surface area contributed by atoms with Crippen LogP contribution in [-0.4, -0.2) is 25.4 Å². The molecule has 0 bridgehead atoms. The highest BCUT2D eigenvalue weighted by Gasteiger charge is 2.72. The summed E-state index contributed by atoms with van der Waals surface area (Å²) in [6.07, 6.45) is -11.9. The van der Waals surface area contributed by atoms with E-state index in [2.05, 4.69) is 0 Å². The average molecular weight is 343 g/mol. The molecule has 0 spiro atoms. The summed E-state index contributed by atoms with van der Waals surface area (Å²) < 4.78 is 77.9. The maximum Gasteiger partial charge on any atom is 0.404 e. The lowest BCUT2D eigenvalue weighted by molar-refractivity contribution is -0.332. The molecule has 22 heavy (non-hydrogen) atoms. The molecule has 2 rings (SSSR count). The van der Waals surface area contributed by atoms with Crippen LogP contribution in [0.2, 0.25) is 5.02 Å². The van der Waals surface area contributed by atoms with Gasteiger partial charge in [-0.15, -0.1) is 0 Å². The molecule has 0 unspecified atom stereocenters. The van der Waals surface area contributed by atoms with Gasteiger partial charge in [0, 0.05) is 18.8 Å². The van der Waals surface area contributed by atoms with Gasteiger partial charge in [0.2, 0.25) is 0 Å². The Labute approximate surface area is 126 Å². The van der Waals surface area contributed by atoms with Crippen LogP contribution in [0.3, 0.4) is 0 Å². The molecule has 0 saturated carbocycles. The number of hydrogen-bond acceptors (Lipinski definition) is 2. The zero-order chi connectivity index (χ0) is 16.8. The Balaban J connectivity index is 2.36. The molecule has 1 saturated heterocycles. The number of alkyl halides is 6. The fourth-order valence-electron chi connectivity index (χ4n) is 2.45. The number of rotatable bonds is 1. The molecular formula is C13H9ClF6N2. The third-order valence-electron chi connectivity index (χ3n) is 3.79. The Hall–Kier alpha value is -1.62. The molecule has 1 aromatic carbocycles. The van der Waals surface area contributed by atoms with Crippen molar-refractivity contribution in [2.75, 3.05) is 18.0 Å². The van der Waals surface area contributed by atoms with Crippen LogP contribution >= 0.6 is 11.6 Å². The van der Waals surface area contributed by atoms with E-state index in [0.29, 0.717) is 0 Å². The van der Waals surface area contributed by atoms with Crippen molar-refractivity contribution < 1.29 is 26.3 Å². The Morgan fingerprint density at radius 2 is 1.73 bits per heavy atom. The molecule has 1 aliphatic rings. The van der Waals surface area contributed by atoms with Gasteiger partial charge in [0.1, 0.15) is 6.07 Å². The van der Waals surface area contributed by atoms with Crippen molar-refractivity contribution in [1.29, 1.82) is 5.26 Å². The molecule has 1 aromatic rings. The van der Waals surface area contributed by atoms with Gasteiger partial charge in [0.15, 0.2) is 5.41 Å². The van der Waals surface area contributed by atoms with Crippen molar-refractivity contribution in [3.63, 3.8) is 0 Å². The van der Waals surface area contributed by atoms with Gasteiger partial charge in [0.05, 0.1) is 10.6 Å². The highest BCUT2D eigenvalue weighted by atomic mass is 35.5. The predicted molar refractivity (Wildman–Crippen MR) is 67.5 cm³/mol. The second-order valence-electron chi connectivity index (χ2n) is 5.03. The molecule has 0 amide bonds. The molecule has 1 fully saturated rings. The van der Waals surface area contributed by atoms with Gasteiger partial charge in [-0.25, -0.2) is 0 Å². The van der Waals surface area contributed by atoms with E-state index >= 15 is 0 Å². The lowest BCUT2D eigenvalue weighted by Crippen LogP contribution is -2.51. The smallest absolute Gasteiger partial charge is 0.370 e. The summed E-state index contributed by atoms with van der Waals surface area (Å²) in [5.41, 5.74) is -3.53. The Kier molecular flexibility index (Phi) is 3.98. The van der Waals surface area contributed by atoms with Gasteiger partial charge in [-0.2, -0.15) is 31.6 Å². The number of halogens is 7. The third kappa shape index (κ3) is 2.58. The predicted octanol–water partition coefficient (Wildman–Crippen LogP) is 4.53. The Bertz CT molecular complexity index is 602. The molecule has 120 valence electrons. The van der Waals surface area contributed by atoms with Crippen molar-refractivity contribution >= 4 is 17.3 Å². The standard InChI is InChI=1S/C13H9ClF6N2/c14-10-5-9(2-1-8(10)6-21)22-4-3-11(7-22,12(15,16)17)13(18,19)20/h1-2,5H,3-4,7H2. The van der Waals surface area contributed by atoms with Crippen LogP contribution in [0, 0.1) is 16.7 Å². The zero-order valence-electron chi connectivity index (χ0n) is 10.9. The Morgan fingerprint density at radius 1 is 1.14 bits per heavy atom. The minimum Gasteiger partial charge on any atom is -0.370 e. The first-order valence-corrected chi connectivity index (χ1v) is 6.48. The lowest BCUT2D eigenvalue weighted by Gasteiger charge is -2.33. The number of hydrogen-bond donors (Lipinski definition) is 0. The van der Waals surface area contributed by atoms with E-state index < -0.39 is 37.3 Å². The van der Waals surface area contributed by atoms with Gasteiger partial charge >= 0.3 is 12.4 Å². The minimum absolute atomic E-state index is 0.0171. The molecular weight excluding hydrogens is 334 g/mol. The van der Waals surface area contributed by atoms with E-state index in [1.165, 1.54) is 18.2 Å². The van der Waals surface area contributed by atoms with Crippen molar-refractivity contribution in [2.45, 2.75) is 18.8 Å². The molecule has 1 aliphatic heterocycles. The first-order valence-electron chi connectivity index (χ1n) is 6.10. The van der Waals surface area contributed by atoms with Crippen LogP contribution in [0.25, 0.3) is 0 Å². The first-order chi connectivity index (χ1) is 10.0. The van der Waals surface area contributed by atoms with Gasteiger partial charge < -0.3 is 4.90 Å². The Morgan fingerprint density at radius 3 is 2.14 bits per heavy atom. The molecule has 2 nitrogen and oxygen atoms in total. The molecule has 0 aliphatic carbocycles. The molecule has 0 N–H and O–H groups in total. The maximum absolute atomic E-state index is 13.0. The molecule has 9 heteroatoms. The summed E-state index contributed by atoms with van der Waals surface area (Å²) in [5.74, 6) is 0. The lowest BCUT2D eigenvalue weighted by atomic mass is 9.85. The van der Waals surface area contributed by atoms with Crippen LogP contribution in [0.5, 0.6) is 0 Å². The highest BCUT2D eigenvalue weighted by molar-refractivity contribution is 6.32. The van der Waals surface area contributed by atoms with Gasteiger partial charge in [-0.3, -0.25) is 0 Å². The van der Waals surface area contributed by atoms with Crippen molar-refractivity contribution in [2.24, 2.45) is 5.41 Å². The van der Waals surface area contributed by atoms with E-state index in [1.54, 1.807) is 6.07 Å². The summed E-state index contributed by atoms with van der Waals surface area (Å²) in [7, 11) is 0. The van der Waals surface area contributed by atoms with E-state index in [0.717, 1.165) is 4.90 Å². The summed E-state index contributed by atoms with van der Waals surface area (Å²) in [4.78, 5) is 0.980. The largest absolute Gasteiger partial charge is 0.404 e. The van der Waals surface area contributed by atoms with Crippen LogP contribution in [0.1, 0.15) is 12.0 Å². The normalized spacial score (nSPS) is 18.4. The number of nitriles is 1. The van der Waals surface area contributed by atoms with E-state index in [1.807, 2.05) is 0 Å². The summed E-state index contributed by atoms with van der Waals surface area (Å²) in [6, 6.07) is 5.51. The van der Waals surface area contributed by atoms with Gasteiger partial charge in [0.25, 0.3) is 0 Å². The van der Waals surface area contributed by atoms with Crippen LogP contribution in [0.15, 0.2) is 18.2 Å². The van der Waals surface area contributed by atoms with E-state index in [-0.39, 0.29) is 16.3 Å². The average Bonchev–Trinajstić information content (AvgIpc) is 2.84. The quantitative estimate of drug-likeness (QED) is 0.701. The second kappa shape index (κ2) is 5.23. The topological polar surface area (TPSA) is 27.0 Å². The van der Waals surface area contributed by atoms with E-state index in [9.17, 15) is 26.3 Å². The fourth-order valence-corrected chi connectivity index (χ4v) is 2.66. The molecule has 0 atom stereocenters. The van der Waals surface area contributed by atoms with Gasteiger partial charge in [-0.05, 0) is 24.6 Å². The SMILES string of the molecule is N#Cc1ccc(N2CCC(C(F)(F)F)(C(F)(F)F)C2)cc1Cl. The van der Waals surface area contributed by atoms with Crippen LogP contribution in [0.4, 0.5) is 32.0 Å². The van der Waals surface area contributed by atoms with Gasteiger partial charge in [-0.1, -0.05) is 11.6 Å². The zero-order valence-corrected chi connectivity index (χ0v) is 11.6. The number of anilines is 1. The van der Waals surface area contributed by atoms with E-state index in [4.69, 9.17) is 16.9 Å². The first kappa shape index (κ1) is 16.7. The summed E-state index contributed by atoms with van der Waals surface area (Å²) >= 11 is 5.77. The van der Waals surface area contributed by atoms with Crippen LogP contribution < -0.4 is 4.90 Å². The number of nitrogens with zero attached hydrogens (tertiary/aromatic N) is 2. The van der Waals surface area contributed by atoms with Crippen molar-refractivity contribution in [1.82, 2.24) is 0 Å². The third-order valence-corrected chi connectivity index (χ3v) is 4.11. The van der Waals surface area contributed by atoms with Crippen molar-refractivity contribution in [3.05, 3.63) is 28.8 Å². The molecule has 0 aromatic heterocycles. The number of benzene rings is 1. The monoisotopic (exact) mass is 342 g/mol. The second-order valence-corrected chi connectivity index (χ2v) is 5.43. The van der Waals surface area contributed by atoms with Crippen molar-refractivity contribution in [3.8, 4) is 6.07 Å². The van der Waals surface area contributed by atoms with Crippen LogP contribution in [-0.2, 0) is 0 Å².